The van der Waals surface area contributed by atoms with Gasteiger partial charge in [-0.15, -0.1) is 0 Å². The zero-order valence-corrected chi connectivity index (χ0v) is 60.3. The SMILES string of the molecule is COc1ccc2cc(C(=O)NCCOCCOCC(=O)NC3CCCCC3C(=O)N[C@H](C(=O)N[C@@H](CCCCN)C(=O)NC3CCCCC3C(=O)N[C@H](C(=O)N[C@@H](CCCCN)C(=O)NC3CCCCC3C(=O)N[C@H](C(=O)N[C@@H](CCCCN)C(N)=O)C(C)C)C(C)C)C(C)C)c(=O)oc2c1. The molecule has 1 aromatic heterocycles. The van der Waals surface area contributed by atoms with E-state index >= 15 is 0 Å². The van der Waals surface area contributed by atoms with Crippen molar-refractivity contribution in [2.75, 3.05) is 59.7 Å². The van der Waals surface area contributed by atoms with E-state index in [2.05, 4.69) is 53.2 Å². The van der Waals surface area contributed by atoms with E-state index in [0.29, 0.717) is 146 Å². The second-order valence-electron chi connectivity index (χ2n) is 28.0. The Labute approximate surface area is 593 Å². The fourth-order valence-electron chi connectivity index (χ4n) is 13.2. The molecule has 1 heterocycles. The number of benzene rings is 1. The normalized spacial score (nSPS) is 20.2. The van der Waals surface area contributed by atoms with Crippen LogP contribution < -0.4 is 86.5 Å². The molecule has 11 amide bonds. The fourth-order valence-corrected chi connectivity index (χ4v) is 13.2. The van der Waals surface area contributed by atoms with Crippen LogP contribution in [0.5, 0.6) is 5.75 Å². The van der Waals surface area contributed by atoms with Gasteiger partial charge < -0.3 is 94.7 Å². The van der Waals surface area contributed by atoms with Crippen LogP contribution in [-0.2, 0) is 57.4 Å². The third-order valence-electron chi connectivity index (χ3n) is 19.1. The van der Waals surface area contributed by atoms with Crippen molar-refractivity contribution in [3.8, 4) is 5.75 Å². The number of primary amides is 1. The van der Waals surface area contributed by atoms with E-state index in [1.54, 1.807) is 59.7 Å². The summed E-state index contributed by atoms with van der Waals surface area (Å²) in [4.78, 5) is 165. The molecule has 1 aromatic carbocycles. The Morgan fingerprint density at radius 1 is 0.495 bits per heavy atom. The quantitative estimate of drug-likeness (QED) is 0.0329. The molecule has 6 unspecified atom stereocenters. The van der Waals surface area contributed by atoms with Crippen LogP contribution in [0.1, 0.15) is 187 Å². The summed E-state index contributed by atoms with van der Waals surface area (Å²) in [6, 6.07) is -1.86. The van der Waals surface area contributed by atoms with Crippen molar-refractivity contribution in [3.63, 3.8) is 0 Å². The van der Waals surface area contributed by atoms with Crippen LogP contribution >= 0.6 is 0 Å². The lowest BCUT2D eigenvalue weighted by molar-refractivity contribution is -0.137. The first-order chi connectivity index (χ1) is 48.3. The van der Waals surface area contributed by atoms with Gasteiger partial charge in [0, 0.05) is 36.1 Å². The number of carbonyl (C=O) groups excluding carboxylic acids is 11. The lowest BCUT2D eigenvalue weighted by Gasteiger charge is -2.35. The summed E-state index contributed by atoms with van der Waals surface area (Å²) in [6.45, 7) is 11.7. The number of unbranched alkanes of at least 4 members (excludes halogenated alkanes) is 3. The van der Waals surface area contributed by atoms with E-state index in [1.165, 1.54) is 13.2 Å². The van der Waals surface area contributed by atoms with Gasteiger partial charge in [0.25, 0.3) is 5.91 Å². The second kappa shape index (κ2) is 43.9. The highest BCUT2D eigenvalue weighted by molar-refractivity contribution is 5.98. The molecule has 18 N–H and O–H groups in total. The lowest BCUT2D eigenvalue weighted by Crippen LogP contribution is -2.60. The van der Waals surface area contributed by atoms with Crippen molar-refractivity contribution in [1.82, 2.24) is 53.2 Å². The van der Waals surface area contributed by atoms with E-state index in [0.717, 1.165) is 6.42 Å². The number of methoxy groups -OCH3 is 1. The maximum absolute atomic E-state index is 14.5. The van der Waals surface area contributed by atoms with Gasteiger partial charge in [0.05, 0.1) is 44.7 Å². The number of ether oxygens (including phenoxy) is 3. The number of carbonyl (C=O) groups is 11. The Morgan fingerprint density at radius 3 is 1.32 bits per heavy atom. The molecule has 12 atom stereocenters. The molecule has 30 nitrogen and oxygen atoms in total. The molecule has 5 rings (SSSR count). The van der Waals surface area contributed by atoms with Gasteiger partial charge in [-0.1, -0.05) is 80.1 Å². The van der Waals surface area contributed by atoms with Crippen molar-refractivity contribution in [1.29, 1.82) is 0 Å². The van der Waals surface area contributed by atoms with Crippen LogP contribution in [0.25, 0.3) is 11.0 Å². The van der Waals surface area contributed by atoms with Crippen molar-refractivity contribution in [2.45, 2.75) is 231 Å². The number of amides is 11. The molecule has 101 heavy (non-hydrogen) atoms. The number of fused-ring (bicyclic) bond motifs is 1. The van der Waals surface area contributed by atoms with Gasteiger partial charge in [-0.2, -0.15) is 0 Å². The standard InChI is InChI=1S/C71H116N14O16/c1-41(2)58(68(94)80-53(61(75)87)26-14-17-31-72)83-64(90)47-21-9-12-24-51(47)78-67(93)55(28-16-19-33-74)82-70(96)60(43(5)6)85-65(91)48-22-10-13-25-52(48)79-66(92)54(27-15-18-32-73)81-69(95)59(42(3)4)84-63(89)46-20-8-11-23-50(46)77-57(86)40-100-37-36-99-35-34-76-62(88)49-38-44-29-30-45(98-7)39-56(44)101-71(49)97/h29-30,38-39,41-43,46-48,50-55,58-60H,8-28,31-37,40,72-74H2,1-7H3,(H2,75,87)(H,76,88)(H,77,86)(H,78,93)(H,79,92)(H,80,94)(H,81,95)(H,82,96)(H,83,90)(H,84,89)(H,85,91)/t46?,47?,48?,50?,51?,52?,53-,54-,55-,58-,59-,60-/m0/s1. The van der Waals surface area contributed by atoms with Crippen molar-refractivity contribution >= 4 is 75.9 Å². The van der Waals surface area contributed by atoms with Crippen molar-refractivity contribution in [3.05, 3.63) is 40.2 Å². The number of hydrogen-bond acceptors (Lipinski definition) is 19. The van der Waals surface area contributed by atoms with Crippen LogP contribution in [0.15, 0.2) is 33.5 Å². The molecule has 0 spiro atoms. The number of rotatable bonds is 43. The fraction of sp³-hybridized carbons (Fsp3) is 0.718. The molecular weight excluding hydrogens is 1300 g/mol. The number of nitrogens with one attached hydrogen (secondary N) is 10. The van der Waals surface area contributed by atoms with Gasteiger partial charge >= 0.3 is 5.63 Å². The highest BCUT2D eigenvalue weighted by Crippen LogP contribution is 2.29. The minimum absolute atomic E-state index is 0.0464. The summed E-state index contributed by atoms with van der Waals surface area (Å²) in [6.07, 6.45) is 10.8. The molecule has 3 aliphatic rings. The Morgan fingerprint density at radius 2 is 0.901 bits per heavy atom. The zero-order chi connectivity index (χ0) is 74.1. The third-order valence-corrected chi connectivity index (χ3v) is 19.1. The Bertz CT molecular complexity index is 3110. The molecule has 0 bridgehead atoms. The lowest BCUT2D eigenvalue weighted by atomic mass is 9.83. The summed E-state index contributed by atoms with van der Waals surface area (Å²) in [5.74, 6) is -8.91. The van der Waals surface area contributed by atoms with Gasteiger partial charge in [-0.3, -0.25) is 52.7 Å². The molecular formula is C71H116N14O16. The minimum atomic E-state index is -1.11. The summed E-state index contributed by atoms with van der Waals surface area (Å²) in [7, 11) is 1.49. The summed E-state index contributed by atoms with van der Waals surface area (Å²) < 4.78 is 21.6. The average Bonchev–Trinajstić information content (AvgIpc) is 0.838. The number of nitrogens with two attached hydrogens (primary N) is 4. The maximum Gasteiger partial charge on any atom is 0.349 e. The highest BCUT2D eigenvalue weighted by atomic mass is 16.5. The van der Waals surface area contributed by atoms with E-state index in [-0.39, 0.29) is 62.9 Å². The summed E-state index contributed by atoms with van der Waals surface area (Å²) >= 11 is 0. The number of hydrogen-bond donors (Lipinski definition) is 14. The molecule has 0 saturated heterocycles. The van der Waals surface area contributed by atoms with Gasteiger partial charge in [0.15, 0.2) is 0 Å². The van der Waals surface area contributed by atoms with Gasteiger partial charge in [0.2, 0.25) is 59.1 Å². The molecule has 30 heteroatoms. The van der Waals surface area contributed by atoms with Crippen LogP contribution in [0.4, 0.5) is 0 Å². The zero-order valence-electron chi connectivity index (χ0n) is 60.3. The first kappa shape index (κ1) is 83.9. The predicted octanol–water partition coefficient (Wildman–Crippen LogP) is 1.34. The average molecular weight is 1420 g/mol. The van der Waals surface area contributed by atoms with Crippen LogP contribution in [0.2, 0.25) is 0 Å². The Hall–Kier alpha value is -7.80. The second-order valence-corrected chi connectivity index (χ2v) is 28.0. The predicted molar refractivity (Wildman–Crippen MR) is 379 cm³/mol. The molecule has 0 aliphatic heterocycles. The van der Waals surface area contributed by atoms with E-state index in [4.69, 9.17) is 41.6 Å². The third kappa shape index (κ3) is 27.2. The smallest absolute Gasteiger partial charge is 0.349 e. The minimum Gasteiger partial charge on any atom is -0.497 e. The van der Waals surface area contributed by atoms with Crippen LogP contribution in [0.3, 0.4) is 0 Å². The van der Waals surface area contributed by atoms with Gasteiger partial charge in [-0.05, 0) is 152 Å². The first-order valence-corrected chi connectivity index (χ1v) is 36.5. The van der Waals surface area contributed by atoms with Crippen molar-refractivity contribution in [2.24, 2.45) is 58.4 Å². The van der Waals surface area contributed by atoms with E-state index < -0.39 is 155 Å². The molecule has 0 radical (unpaired) electrons. The Balaban J connectivity index is 1.15. The highest BCUT2D eigenvalue weighted by Gasteiger charge is 2.41. The molecule has 2 aromatic rings. The summed E-state index contributed by atoms with van der Waals surface area (Å²) in [5, 5.41) is 29.4. The van der Waals surface area contributed by atoms with Gasteiger partial charge in [0.1, 0.15) is 59.8 Å². The monoisotopic (exact) mass is 1420 g/mol. The van der Waals surface area contributed by atoms with Crippen molar-refractivity contribution < 1.29 is 71.4 Å². The largest absolute Gasteiger partial charge is 0.497 e. The van der Waals surface area contributed by atoms with E-state index in [9.17, 15) is 57.5 Å². The molecule has 3 saturated carbocycles. The van der Waals surface area contributed by atoms with Gasteiger partial charge in [-0.25, -0.2) is 4.79 Å². The molecule has 566 valence electrons. The molecule has 3 aliphatic carbocycles. The summed E-state index contributed by atoms with van der Waals surface area (Å²) in [5.41, 5.74) is 22.3. The maximum atomic E-state index is 14.5. The Kier molecular flexibility index (Phi) is 36.4. The first-order valence-electron chi connectivity index (χ1n) is 36.5. The van der Waals surface area contributed by atoms with Crippen LogP contribution in [0, 0.1) is 35.5 Å². The molecule has 3 fully saturated rings. The topological polar surface area (TPSA) is 470 Å². The van der Waals surface area contributed by atoms with E-state index in [1.807, 2.05) is 0 Å². The van der Waals surface area contributed by atoms with Crippen LogP contribution in [-0.4, -0.2) is 179 Å².